The van der Waals surface area contributed by atoms with Crippen LogP contribution in [0.1, 0.15) is 42.7 Å². The van der Waals surface area contributed by atoms with Crippen LogP contribution in [0.5, 0.6) is 0 Å². The van der Waals surface area contributed by atoms with Crippen molar-refractivity contribution in [3.8, 4) is 0 Å². The molecule has 120 valence electrons. The van der Waals surface area contributed by atoms with Crippen molar-refractivity contribution in [3.05, 3.63) is 28.0 Å². The smallest absolute Gasteiger partial charge is 0.433 e. The van der Waals surface area contributed by atoms with Gasteiger partial charge in [-0.15, -0.1) is 0 Å². The van der Waals surface area contributed by atoms with Gasteiger partial charge in [-0.3, -0.25) is 14.9 Å². The van der Waals surface area contributed by atoms with Crippen LogP contribution in [0.2, 0.25) is 0 Å². The van der Waals surface area contributed by atoms with Gasteiger partial charge in [0.05, 0.1) is 6.07 Å². The van der Waals surface area contributed by atoms with Crippen molar-refractivity contribution >= 4 is 17.8 Å². The normalized spacial score (nSPS) is 15.3. The molecule has 22 heavy (non-hydrogen) atoms. The van der Waals surface area contributed by atoms with E-state index in [9.17, 15) is 19.7 Å². The number of rotatable bonds is 6. The van der Waals surface area contributed by atoms with Gasteiger partial charge in [-0.05, 0) is 24.8 Å². The van der Waals surface area contributed by atoms with E-state index in [0.717, 1.165) is 25.0 Å². The number of furan rings is 1. The zero-order chi connectivity index (χ0) is 15.9. The van der Waals surface area contributed by atoms with Gasteiger partial charge in [0.15, 0.2) is 6.61 Å². The molecule has 0 bridgehead atoms. The van der Waals surface area contributed by atoms with Gasteiger partial charge >= 0.3 is 11.9 Å². The number of carbonyl (C=O) groups excluding carboxylic acids is 2. The van der Waals surface area contributed by atoms with Gasteiger partial charge in [0.1, 0.15) is 4.92 Å². The predicted octanol–water partition coefficient (Wildman–Crippen LogP) is 2.04. The van der Waals surface area contributed by atoms with Crippen molar-refractivity contribution < 1.29 is 23.7 Å². The molecule has 0 aromatic carbocycles. The summed E-state index contributed by atoms with van der Waals surface area (Å²) in [7, 11) is 0. The molecule has 1 amide bonds. The Balaban J connectivity index is 1.70. The predicted molar refractivity (Wildman–Crippen MR) is 75.2 cm³/mol. The van der Waals surface area contributed by atoms with Crippen molar-refractivity contribution in [1.29, 1.82) is 0 Å². The number of nitro groups is 1. The van der Waals surface area contributed by atoms with Crippen LogP contribution in [0.15, 0.2) is 16.5 Å². The third-order valence-corrected chi connectivity index (χ3v) is 3.62. The number of nitrogens with one attached hydrogen (secondary N) is 1. The minimum Gasteiger partial charge on any atom is -0.450 e. The summed E-state index contributed by atoms with van der Waals surface area (Å²) in [4.78, 5) is 32.9. The van der Waals surface area contributed by atoms with E-state index in [1.807, 2.05) is 0 Å². The van der Waals surface area contributed by atoms with Gasteiger partial charge in [-0.2, -0.15) is 0 Å². The fourth-order valence-electron chi connectivity index (χ4n) is 2.44. The van der Waals surface area contributed by atoms with Crippen LogP contribution in [-0.4, -0.2) is 30.0 Å². The van der Waals surface area contributed by atoms with Gasteiger partial charge in [0.2, 0.25) is 5.76 Å². The molecule has 1 N–H and O–H groups in total. The van der Waals surface area contributed by atoms with E-state index in [2.05, 4.69) is 9.73 Å². The number of carbonyl (C=O) groups is 2. The first-order chi connectivity index (χ1) is 10.6. The molecule has 1 fully saturated rings. The van der Waals surface area contributed by atoms with E-state index in [1.165, 1.54) is 19.3 Å². The lowest BCUT2D eigenvalue weighted by Gasteiger charge is -2.21. The standard InChI is InChI=1S/C14H18N2O6/c17-12(15-8-10-4-2-1-3-5-10)9-21-14(18)11-6-7-13(22-11)16(19)20/h6-7,10H,1-5,8-9H2,(H,15,17). The highest BCUT2D eigenvalue weighted by atomic mass is 16.7. The molecule has 1 heterocycles. The Labute approximate surface area is 127 Å². The molecule has 0 unspecified atom stereocenters. The number of ether oxygens (including phenoxy) is 1. The van der Waals surface area contributed by atoms with E-state index < -0.39 is 23.4 Å². The first-order valence-electron chi connectivity index (χ1n) is 7.24. The molecule has 0 spiro atoms. The first-order valence-corrected chi connectivity index (χ1v) is 7.24. The van der Waals surface area contributed by atoms with Crippen LogP contribution in [0.3, 0.4) is 0 Å². The SMILES string of the molecule is O=C(COC(=O)c1ccc([N+](=O)[O-])o1)NCC1CCCCC1. The summed E-state index contributed by atoms with van der Waals surface area (Å²) < 4.78 is 9.44. The summed E-state index contributed by atoms with van der Waals surface area (Å²) in [5.74, 6) is -1.65. The molecule has 0 radical (unpaired) electrons. The molecular formula is C14H18N2O6. The highest BCUT2D eigenvalue weighted by Crippen LogP contribution is 2.22. The maximum Gasteiger partial charge on any atom is 0.433 e. The highest BCUT2D eigenvalue weighted by molar-refractivity contribution is 5.89. The van der Waals surface area contributed by atoms with Crippen molar-refractivity contribution in [2.75, 3.05) is 13.2 Å². The quantitative estimate of drug-likeness (QED) is 0.489. The Morgan fingerprint density at radius 3 is 2.68 bits per heavy atom. The van der Waals surface area contributed by atoms with E-state index in [1.54, 1.807) is 0 Å². The fraction of sp³-hybridized carbons (Fsp3) is 0.571. The van der Waals surface area contributed by atoms with Gasteiger partial charge in [-0.25, -0.2) is 4.79 Å². The zero-order valence-electron chi connectivity index (χ0n) is 12.1. The van der Waals surface area contributed by atoms with Crippen LogP contribution in [0.4, 0.5) is 5.88 Å². The lowest BCUT2D eigenvalue weighted by atomic mass is 9.89. The van der Waals surface area contributed by atoms with Crippen molar-refractivity contribution in [1.82, 2.24) is 5.32 Å². The van der Waals surface area contributed by atoms with E-state index in [-0.39, 0.29) is 11.7 Å². The first kappa shape index (κ1) is 16.0. The summed E-state index contributed by atoms with van der Waals surface area (Å²) in [5.41, 5.74) is 0. The van der Waals surface area contributed by atoms with Gasteiger partial charge < -0.3 is 14.5 Å². The van der Waals surface area contributed by atoms with E-state index in [4.69, 9.17) is 4.74 Å². The molecule has 2 rings (SSSR count). The van der Waals surface area contributed by atoms with Crippen LogP contribution in [0.25, 0.3) is 0 Å². The summed E-state index contributed by atoms with van der Waals surface area (Å²) in [6, 6.07) is 2.19. The van der Waals surface area contributed by atoms with Crippen molar-refractivity contribution in [3.63, 3.8) is 0 Å². The molecule has 1 aliphatic carbocycles. The summed E-state index contributed by atoms with van der Waals surface area (Å²) in [5, 5.41) is 13.2. The monoisotopic (exact) mass is 310 g/mol. The van der Waals surface area contributed by atoms with Crippen LogP contribution >= 0.6 is 0 Å². The largest absolute Gasteiger partial charge is 0.450 e. The van der Waals surface area contributed by atoms with Crippen LogP contribution < -0.4 is 5.32 Å². The molecule has 8 nitrogen and oxygen atoms in total. The Kier molecular flexibility index (Phi) is 5.51. The minimum absolute atomic E-state index is 0.299. The lowest BCUT2D eigenvalue weighted by molar-refractivity contribution is -0.402. The van der Waals surface area contributed by atoms with Crippen LogP contribution in [-0.2, 0) is 9.53 Å². The van der Waals surface area contributed by atoms with Gasteiger partial charge in [0.25, 0.3) is 5.91 Å². The molecule has 1 aromatic rings. The van der Waals surface area contributed by atoms with Crippen LogP contribution in [0, 0.1) is 16.0 Å². The van der Waals surface area contributed by atoms with E-state index in [0.29, 0.717) is 12.5 Å². The molecule has 0 aliphatic heterocycles. The molecular weight excluding hydrogens is 292 g/mol. The Hall–Kier alpha value is -2.38. The zero-order valence-corrected chi connectivity index (χ0v) is 12.1. The fourth-order valence-corrected chi connectivity index (χ4v) is 2.44. The average Bonchev–Trinajstić information content (AvgIpc) is 3.02. The average molecular weight is 310 g/mol. The Morgan fingerprint density at radius 1 is 1.32 bits per heavy atom. The maximum absolute atomic E-state index is 11.6. The lowest BCUT2D eigenvalue weighted by Crippen LogP contribution is -2.33. The van der Waals surface area contributed by atoms with Gasteiger partial charge in [-0.1, -0.05) is 19.3 Å². The second kappa shape index (κ2) is 7.58. The number of esters is 1. The number of nitrogens with zero attached hydrogens (tertiary/aromatic N) is 1. The highest BCUT2D eigenvalue weighted by Gasteiger charge is 2.20. The minimum atomic E-state index is -0.902. The number of amides is 1. The third-order valence-electron chi connectivity index (χ3n) is 3.62. The second-order valence-corrected chi connectivity index (χ2v) is 5.28. The molecule has 0 atom stereocenters. The second-order valence-electron chi connectivity index (χ2n) is 5.28. The van der Waals surface area contributed by atoms with E-state index >= 15 is 0 Å². The molecule has 1 aromatic heterocycles. The number of hydrogen-bond acceptors (Lipinski definition) is 6. The summed E-state index contributed by atoms with van der Waals surface area (Å²) >= 11 is 0. The van der Waals surface area contributed by atoms with Gasteiger partial charge in [0, 0.05) is 6.54 Å². The summed E-state index contributed by atoms with van der Waals surface area (Å²) in [6.45, 7) is 0.155. The Bertz CT molecular complexity index is 547. The Morgan fingerprint density at radius 2 is 2.05 bits per heavy atom. The molecule has 0 saturated heterocycles. The maximum atomic E-state index is 11.6. The summed E-state index contributed by atoms with van der Waals surface area (Å²) in [6.07, 6.45) is 5.84. The molecule has 1 saturated carbocycles. The molecule has 1 aliphatic rings. The third kappa shape index (κ3) is 4.57. The van der Waals surface area contributed by atoms with Crippen molar-refractivity contribution in [2.24, 2.45) is 5.92 Å². The number of hydrogen-bond donors (Lipinski definition) is 1. The van der Waals surface area contributed by atoms with Crippen molar-refractivity contribution in [2.45, 2.75) is 32.1 Å². The topological polar surface area (TPSA) is 112 Å². The molecule has 8 heteroatoms.